The van der Waals surface area contributed by atoms with Gasteiger partial charge in [-0.15, -0.1) is 0 Å². The summed E-state index contributed by atoms with van der Waals surface area (Å²) in [7, 11) is -3.87. The Kier molecular flexibility index (Phi) is 5.79. The Balaban J connectivity index is 2.86. The van der Waals surface area contributed by atoms with E-state index in [0.29, 0.717) is 13.1 Å². The van der Waals surface area contributed by atoms with Gasteiger partial charge in [-0.2, -0.15) is 0 Å². The van der Waals surface area contributed by atoms with Gasteiger partial charge in [0.2, 0.25) is 15.9 Å². The summed E-state index contributed by atoms with van der Waals surface area (Å²) in [5.41, 5.74) is 5.70. The Bertz CT molecular complexity index is 586. The molecule has 0 fully saturated rings. The van der Waals surface area contributed by atoms with Crippen LogP contribution in [0.25, 0.3) is 0 Å². The van der Waals surface area contributed by atoms with Crippen molar-refractivity contribution in [3.05, 3.63) is 23.2 Å². The van der Waals surface area contributed by atoms with Crippen molar-refractivity contribution < 1.29 is 13.2 Å². The summed E-state index contributed by atoms with van der Waals surface area (Å²) >= 11 is 5.76. The number of sulfonamides is 1. The first-order valence-electron chi connectivity index (χ1n) is 6.14. The van der Waals surface area contributed by atoms with Crippen LogP contribution >= 0.6 is 11.6 Å². The van der Waals surface area contributed by atoms with Crippen LogP contribution in [0.15, 0.2) is 23.1 Å². The minimum Gasteiger partial charge on any atom is -0.398 e. The number of carbonyl (C=O) groups is 1. The van der Waals surface area contributed by atoms with E-state index in [1.165, 1.54) is 23.1 Å². The van der Waals surface area contributed by atoms with Crippen LogP contribution in [0.1, 0.15) is 13.8 Å². The maximum Gasteiger partial charge on any atom is 0.243 e. The molecule has 1 aromatic carbocycles. The van der Waals surface area contributed by atoms with Crippen LogP contribution < -0.4 is 10.5 Å². The van der Waals surface area contributed by atoms with E-state index < -0.39 is 10.0 Å². The van der Waals surface area contributed by atoms with E-state index >= 15 is 0 Å². The molecular formula is C12H18ClN3O3S. The van der Waals surface area contributed by atoms with Crippen molar-refractivity contribution in [2.24, 2.45) is 0 Å². The summed E-state index contributed by atoms with van der Waals surface area (Å²) in [5.74, 6) is -0.292. The molecule has 0 radical (unpaired) electrons. The van der Waals surface area contributed by atoms with Crippen LogP contribution in [0, 0.1) is 0 Å². The fourth-order valence-electron chi connectivity index (χ4n) is 1.66. The van der Waals surface area contributed by atoms with E-state index in [-0.39, 0.29) is 28.1 Å². The van der Waals surface area contributed by atoms with E-state index in [9.17, 15) is 13.2 Å². The van der Waals surface area contributed by atoms with E-state index in [0.717, 1.165) is 0 Å². The second-order valence-corrected chi connectivity index (χ2v) is 6.24. The molecule has 0 bridgehead atoms. The second kappa shape index (κ2) is 6.92. The van der Waals surface area contributed by atoms with E-state index in [2.05, 4.69) is 4.72 Å². The lowest BCUT2D eigenvalue weighted by atomic mass is 10.3. The second-order valence-electron chi connectivity index (χ2n) is 4.07. The molecule has 112 valence electrons. The number of nitrogens with two attached hydrogens (primary N) is 1. The Morgan fingerprint density at radius 2 is 1.95 bits per heavy atom. The molecule has 20 heavy (non-hydrogen) atoms. The molecule has 0 atom stereocenters. The Labute approximate surface area is 123 Å². The van der Waals surface area contributed by atoms with Crippen LogP contribution in [0.5, 0.6) is 0 Å². The number of nitrogen functional groups attached to an aromatic ring is 1. The first-order chi connectivity index (χ1) is 9.31. The predicted octanol–water partition coefficient (Wildman–Crippen LogP) is 1.07. The zero-order valence-electron chi connectivity index (χ0n) is 11.4. The summed E-state index contributed by atoms with van der Waals surface area (Å²) < 4.78 is 26.4. The van der Waals surface area contributed by atoms with Gasteiger partial charge in [0.25, 0.3) is 0 Å². The normalized spacial score (nSPS) is 11.3. The van der Waals surface area contributed by atoms with Crippen molar-refractivity contribution in [3.8, 4) is 0 Å². The molecule has 0 heterocycles. The van der Waals surface area contributed by atoms with Gasteiger partial charge in [0.15, 0.2) is 0 Å². The first-order valence-corrected chi connectivity index (χ1v) is 8.00. The van der Waals surface area contributed by atoms with E-state index in [4.69, 9.17) is 17.3 Å². The summed E-state index contributed by atoms with van der Waals surface area (Å²) in [6, 6.07) is 4.15. The molecule has 0 spiro atoms. The molecular weight excluding hydrogens is 302 g/mol. The monoisotopic (exact) mass is 319 g/mol. The quantitative estimate of drug-likeness (QED) is 0.767. The van der Waals surface area contributed by atoms with E-state index in [1.54, 1.807) is 0 Å². The Morgan fingerprint density at radius 1 is 1.35 bits per heavy atom. The third-order valence-corrected chi connectivity index (χ3v) is 4.49. The standard InChI is InChI=1S/C12H18ClN3O3S/c1-3-16(4-2)12(17)8-15-20(18,19)11-7-9(13)5-6-10(11)14/h5-7,15H,3-4,8,14H2,1-2H3. The molecule has 8 heteroatoms. The molecule has 1 rings (SSSR count). The number of likely N-dealkylation sites (N-methyl/N-ethyl adjacent to an activating group) is 1. The van der Waals surface area contributed by atoms with Gasteiger partial charge in [-0.25, -0.2) is 13.1 Å². The molecule has 3 N–H and O–H groups in total. The van der Waals surface area contributed by atoms with Crippen LogP contribution in [0.2, 0.25) is 5.02 Å². The minimum atomic E-state index is -3.87. The van der Waals surface area contributed by atoms with Crippen molar-refractivity contribution in [1.82, 2.24) is 9.62 Å². The predicted molar refractivity (Wildman–Crippen MR) is 79.0 cm³/mol. The highest BCUT2D eigenvalue weighted by Gasteiger charge is 2.20. The highest BCUT2D eigenvalue weighted by molar-refractivity contribution is 7.89. The number of benzene rings is 1. The minimum absolute atomic E-state index is 0.0807. The fourth-order valence-corrected chi connectivity index (χ4v) is 3.03. The highest BCUT2D eigenvalue weighted by atomic mass is 35.5. The van der Waals surface area contributed by atoms with Crippen molar-refractivity contribution in [2.75, 3.05) is 25.4 Å². The third kappa shape index (κ3) is 4.09. The van der Waals surface area contributed by atoms with Crippen molar-refractivity contribution in [1.29, 1.82) is 0 Å². The fraction of sp³-hybridized carbons (Fsp3) is 0.417. The molecule has 0 saturated heterocycles. The molecule has 0 aromatic heterocycles. The van der Waals surface area contributed by atoms with Gasteiger partial charge in [0, 0.05) is 18.1 Å². The van der Waals surface area contributed by atoms with Gasteiger partial charge in [0.1, 0.15) is 4.90 Å². The number of rotatable bonds is 6. The average molecular weight is 320 g/mol. The zero-order valence-corrected chi connectivity index (χ0v) is 13.0. The SMILES string of the molecule is CCN(CC)C(=O)CNS(=O)(=O)c1cc(Cl)ccc1N. The van der Waals surface area contributed by atoms with Crippen molar-refractivity contribution in [3.63, 3.8) is 0 Å². The van der Waals surface area contributed by atoms with E-state index in [1.807, 2.05) is 13.8 Å². The number of halogens is 1. The maximum absolute atomic E-state index is 12.1. The number of nitrogens with zero attached hydrogens (tertiary/aromatic N) is 1. The molecule has 0 aliphatic carbocycles. The lowest BCUT2D eigenvalue weighted by molar-refractivity contribution is -0.129. The molecule has 0 unspecified atom stereocenters. The lowest BCUT2D eigenvalue weighted by Crippen LogP contribution is -2.40. The van der Waals surface area contributed by atoms with Crippen LogP contribution in [0.3, 0.4) is 0 Å². The number of carbonyl (C=O) groups excluding carboxylic acids is 1. The third-order valence-electron chi connectivity index (χ3n) is 2.79. The number of nitrogens with one attached hydrogen (secondary N) is 1. The largest absolute Gasteiger partial charge is 0.398 e. The van der Waals surface area contributed by atoms with Gasteiger partial charge >= 0.3 is 0 Å². The summed E-state index contributed by atoms with van der Waals surface area (Å²) in [6.45, 7) is 4.39. The summed E-state index contributed by atoms with van der Waals surface area (Å²) in [5, 5.41) is 0.259. The topological polar surface area (TPSA) is 92.5 Å². The maximum atomic E-state index is 12.1. The smallest absolute Gasteiger partial charge is 0.243 e. The van der Waals surface area contributed by atoms with Gasteiger partial charge in [-0.05, 0) is 32.0 Å². The van der Waals surface area contributed by atoms with Gasteiger partial charge < -0.3 is 10.6 Å². The zero-order chi connectivity index (χ0) is 15.3. The van der Waals surface area contributed by atoms with Gasteiger partial charge in [-0.3, -0.25) is 4.79 Å². The molecule has 1 aromatic rings. The van der Waals surface area contributed by atoms with Crippen LogP contribution in [0.4, 0.5) is 5.69 Å². The highest BCUT2D eigenvalue weighted by Crippen LogP contribution is 2.22. The molecule has 6 nitrogen and oxygen atoms in total. The molecule has 0 aliphatic heterocycles. The van der Waals surface area contributed by atoms with Crippen LogP contribution in [-0.4, -0.2) is 38.9 Å². The lowest BCUT2D eigenvalue weighted by Gasteiger charge is -2.19. The van der Waals surface area contributed by atoms with Gasteiger partial charge in [-0.1, -0.05) is 11.6 Å². The number of hydrogen-bond donors (Lipinski definition) is 2. The van der Waals surface area contributed by atoms with Crippen molar-refractivity contribution in [2.45, 2.75) is 18.7 Å². The van der Waals surface area contributed by atoms with Crippen molar-refractivity contribution >= 4 is 33.2 Å². The molecule has 0 aliphatic rings. The summed E-state index contributed by atoms with van der Waals surface area (Å²) in [6.07, 6.45) is 0. The molecule has 0 saturated carbocycles. The number of anilines is 1. The first kappa shape index (κ1) is 16.7. The number of hydrogen-bond acceptors (Lipinski definition) is 4. The van der Waals surface area contributed by atoms with Gasteiger partial charge in [0.05, 0.1) is 12.2 Å². The average Bonchev–Trinajstić information content (AvgIpc) is 2.40. The Hall–Kier alpha value is -1.31. The summed E-state index contributed by atoms with van der Waals surface area (Å²) in [4.78, 5) is 13.2. The number of amides is 1. The molecule has 1 amide bonds. The van der Waals surface area contributed by atoms with Crippen LogP contribution in [-0.2, 0) is 14.8 Å². The Morgan fingerprint density at radius 3 is 2.50 bits per heavy atom.